The maximum absolute atomic E-state index is 12.7. The van der Waals surface area contributed by atoms with Crippen LogP contribution in [0.15, 0.2) is 42.6 Å². The number of hydrogen-bond acceptors (Lipinski definition) is 6. The van der Waals surface area contributed by atoms with Crippen molar-refractivity contribution in [3.8, 4) is 5.75 Å². The number of nitrogens with zero attached hydrogens (tertiary/aromatic N) is 2. The molecule has 1 fully saturated rings. The quantitative estimate of drug-likeness (QED) is 0.619. The first-order valence-corrected chi connectivity index (χ1v) is 9.83. The Labute approximate surface area is 169 Å². The summed E-state index contributed by atoms with van der Waals surface area (Å²) in [6.07, 6.45) is 3.67. The number of carbonyl (C=O) groups is 1. The fourth-order valence-electron chi connectivity index (χ4n) is 3.57. The Bertz CT molecular complexity index is 1030. The molecule has 1 amide bonds. The van der Waals surface area contributed by atoms with Gasteiger partial charge in [0.25, 0.3) is 5.91 Å². The first-order chi connectivity index (χ1) is 14.1. The van der Waals surface area contributed by atoms with Gasteiger partial charge in [0, 0.05) is 23.2 Å². The summed E-state index contributed by atoms with van der Waals surface area (Å²) in [5.74, 6) is 0.996. The first kappa shape index (κ1) is 19.1. The van der Waals surface area contributed by atoms with Gasteiger partial charge < -0.3 is 20.7 Å². The number of benzene rings is 2. The van der Waals surface area contributed by atoms with E-state index in [-0.39, 0.29) is 11.9 Å². The molecule has 4 rings (SSSR count). The van der Waals surface area contributed by atoms with E-state index >= 15 is 0 Å². The summed E-state index contributed by atoms with van der Waals surface area (Å²) >= 11 is 0. The highest BCUT2D eigenvalue weighted by molar-refractivity contribution is 5.96. The van der Waals surface area contributed by atoms with Crippen LogP contribution < -0.4 is 20.7 Å². The van der Waals surface area contributed by atoms with Crippen molar-refractivity contribution in [1.82, 2.24) is 20.6 Å². The summed E-state index contributed by atoms with van der Waals surface area (Å²) < 4.78 is 5.46. The second kappa shape index (κ2) is 8.45. The van der Waals surface area contributed by atoms with Crippen LogP contribution in [0.4, 0.5) is 11.6 Å². The number of para-hydroxylation sites is 1. The van der Waals surface area contributed by atoms with Crippen molar-refractivity contribution in [2.45, 2.75) is 25.8 Å². The van der Waals surface area contributed by atoms with Crippen LogP contribution in [0.3, 0.4) is 0 Å². The SMILES string of the molecule is COc1ccc(C(=O)NC2CCNCC2)cc1Nc1ncc2cccc(C)c2n1. The van der Waals surface area contributed by atoms with Gasteiger partial charge >= 0.3 is 0 Å². The van der Waals surface area contributed by atoms with Crippen LogP contribution >= 0.6 is 0 Å². The van der Waals surface area contributed by atoms with Crippen LogP contribution in [-0.2, 0) is 0 Å². The minimum Gasteiger partial charge on any atom is -0.495 e. The number of hydrogen-bond donors (Lipinski definition) is 3. The van der Waals surface area contributed by atoms with E-state index in [0.717, 1.165) is 42.4 Å². The van der Waals surface area contributed by atoms with E-state index < -0.39 is 0 Å². The van der Waals surface area contributed by atoms with Crippen molar-refractivity contribution in [1.29, 1.82) is 0 Å². The molecule has 3 N–H and O–H groups in total. The van der Waals surface area contributed by atoms with Gasteiger partial charge in [0.1, 0.15) is 5.75 Å². The number of fused-ring (bicyclic) bond motifs is 1. The lowest BCUT2D eigenvalue weighted by atomic mass is 10.1. The number of ether oxygens (including phenoxy) is 1. The molecule has 0 aliphatic carbocycles. The molecule has 0 saturated carbocycles. The molecule has 3 aromatic rings. The largest absolute Gasteiger partial charge is 0.495 e. The number of amides is 1. The van der Waals surface area contributed by atoms with Crippen molar-refractivity contribution in [3.05, 3.63) is 53.7 Å². The number of rotatable bonds is 5. The summed E-state index contributed by atoms with van der Waals surface area (Å²) in [5, 5.41) is 10.6. The maximum atomic E-state index is 12.7. The Kier molecular flexibility index (Phi) is 5.57. The number of anilines is 2. The maximum Gasteiger partial charge on any atom is 0.251 e. The average Bonchev–Trinajstić information content (AvgIpc) is 2.75. The molecule has 0 spiro atoms. The van der Waals surface area contributed by atoms with Gasteiger partial charge in [-0.2, -0.15) is 0 Å². The average molecular weight is 391 g/mol. The minimum absolute atomic E-state index is 0.0853. The van der Waals surface area contributed by atoms with Gasteiger partial charge in [-0.1, -0.05) is 18.2 Å². The lowest BCUT2D eigenvalue weighted by Gasteiger charge is -2.23. The van der Waals surface area contributed by atoms with E-state index in [1.807, 2.05) is 25.1 Å². The zero-order valence-corrected chi connectivity index (χ0v) is 16.7. The number of aryl methyl sites for hydroxylation is 1. The van der Waals surface area contributed by atoms with Crippen LogP contribution in [0.25, 0.3) is 10.9 Å². The third-order valence-electron chi connectivity index (χ3n) is 5.20. The van der Waals surface area contributed by atoms with Crippen LogP contribution in [0.2, 0.25) is 0 Å². The van der Waals surface area contributed by atoms with Gasteiger partial charge in [0.05, 0.1) is 18.3 Å². The van der Waals surface area contributed by atoms with E-state index in [1.165, 1.54) is 0 Å². The number of nitrogens with one attached hydrogen (secondary N) is 3. The van der Waals surface area contributed by atoms with Crippen molar-refractivity contribution in [2.24, 2.45) is 0 Å². The van der Waals surface area contributed by atoms with Crippen LogP contribution in [0.1, 0.15) is 28.8 Å². The van der Waals surface area contributed by atoms with Gasteiger partial charge in [0.15, 0.2) is 0 Å². The second-order valence-electron chi connectivity index (χ2n) is 7.24. The van der Waals surface area contributed by atoms with Crippen LogP contribution in [0, 0.1) is 6.92 Å². The summed E-state index contributed by atoms with van der Waals surface area (Å²) in [6, 6.07) is 11.5. The summed E-state index contributed by atoms with van der Waals surface area (Å²) in [5.41, 5.74) is 3.20. The van der Waals surface area contributed by atoms with Crippen LogP contribution in [-0.4, -0.2) is 42.1 Å². The van der Waals surface area contributed by atoms with Crippen LogP contribution in [0.5, 0.6) is 5.75 Å². The molecule has 2 heterocycles. The summed E-state index contributed by atoms with van der Waals surface area (Å²) in [7, 11) is 1.60. The minimum atomic E-state index is -0.0853. The Morgan fingerprint density at radius 2 is 2.03 bits per heavy atom. The number of methoxy groups -OCH3 is 1. The number of aromatic nitrogens is 2. The Hall–Kier alpha value is -3.19. The van der Waals surface area contributed by atoms with Gasteiger partial charge in [-0.25, -0.2) is 9.97 Å². The molecule has 1 aliphatic rings. The Morgan fingerprint density at radius 1 is 1.21 bits per heavy atom. The van der Waals surface area contributed by atoms with Crippen molar-refractivity contribution >= 4 is 28.4 Å². The Morgan fingerprint density at radius 3 is 2.83 bits per heavy atom. The molecule has 0 unspecified atom stereocenters. The van der Waals surface area contributed by atoms with Crippen molar-refractivity contribution in [2.75, 3.05) is 25.5 Å². The standard InChI is InChI=1S/C22H25N5O2/c1-14-4-3-5-16-13-24-22(27-20(14)16)26-18-12-15(6-7-19(18)29-2)21(28)25-17-8-10-23-11-9-17/h3-7,12-13,17,23H,8-11H2,1-2H3,(H,25,28)(H,24,26,27). The molecule has 1 aliphatic heterocycles. The number of carbonyl (C=O) groups excluding carboxylic acids is 1. The topological polar surface area (TPSA) is 88.2 Å². The zero-order chi connectivity index (χ0) is 20.2. The molecule has 7 nitrogen and oxygen atoms in total. The van der Waals surface area contributed by atoms with Crippen molar-refractivity contribution in [3.63, 3.8) is 0 Å². The fraction of sp³-hybridized carbons (Fsp3) is 0.318. The summed E-state index contributed by atoms with van der Waals surface area (Å²) in [4.78, 5) is 21.7. The molecule has 1 aromatic heterocycles. The van der Waals surface area contributed by atoms with E-state index in [4.69, 9.17) is 4.74 Å². The van der Waals surface area contributed by atoms with E-state index in [1.54, 1.807) is 31.5 Å². The highest BCUT2D eigenvalue weighted by Crippen LogP contribution is 2.28. The van der Waals surface area contributed by atoms with Gasteiger partial charge in [0.2, 0.25) is 5.95 Å². The highest BCUT2D eigenvalue weighted by atomic mass is 16.5. The normalized spacial score (nSPS) is 14.6. The summed E-state index contributed by atoms with van der Waals surface area (Å²) in [6.45, 7) is 3.88. The predicted molar refractivity (Wildman–Crippen MR) is 114 cm³/mol. The van der Waals surface area contributed by atoms with Gasteiger partial charge in [-0.15, -0.1) is 0 Å². The molecular weight excluding hydrogens is 366 g/mol. The van der Waals surface area contributed by atoms with Gasteiger partial charge in [-0.05, 0) is 56.6 Å². The smallest absolute Gasteiger partial charge is 0.251 e. The number of piperidine rings is 1. The molecule has 7 heteroatoms. The van der Waals surface area contributed by atoms with E-state index in [9.17, 15) is 4.79 Å². The zero-order valence-electron chi connectivity index (χ0n) is 16.7. The molecule has 150 valence electrons. The lowest BCUT2D eigenvalue weighted by Crippen LogP contribution is -2.42. The third-order valence-corrected chi connectivity index (χ3v) is 5.20. The lowest BCUT2D eigenvalue weighted by molar-refractivity contribution is 0.0929. The molecule has 0 bridgehead atoms. The molecule has 29 heavy (non-hydrogen) atoms. The molecule has 1 saturated heterocycles. The predicted octanol–water partition coefficient (Wildman–Crippen LogP) is 3.17. The second-order valence-corrected chi connectivity index (χ2v) is 7.24. The van der Waals surface area contributed by atoms with Gasteiger partial charge in [-0.3, -0.25) is 4.79 Å². The molecule has 0 radical (unpaired) electrons. The molecule has 0 atom stereocenters. The Balaban J connectivity index is 1.58. The molecular formula is C22H25N5O2. The van der Waals surface area contributed by atoms with E-state index in [0.29, 0.717) is 22.9 Å². The monoisotopic (exact) mass is 391 g/mol. The van der Waals surface area contributed by atoms with Crippen molar-refractivity contribution < 1.29 is 9.53 Å². The fourth-order valence-corrected chi connectivity index (χ4v) is 3.57. The molecule has 2 aromatic carbocycles. The first-order valence-electron chi connectivity index (χ1n) is 9.83. The van der Waals surface area contributed by atoms with E-state index in [2.05, 4.69) is 25.9 Å². The third kappa shape index (κ3) is 4.30. The highest BCUT2D eigenvalue weighted by Gasteiger charge is 2.18.